The van der Waals surface area contributed by atoms with Crippen molar-refractivity contribution in [2.45, 2.75) is 63.9 Å². The van der Waals surface area contributed by atoms with Crippen LogP contribution in [0.1, 0.15) is 40.2 Å². The van der Waals surface area contributed by atoms with Crippen LogP contribution in [0.4, 0.5) is 9.18 Å². The van der Waals surface area contributed by atoms with Crippen molar-refractivity contribution in [3.63, 3.8) is 0 Å². The number of hydrogen-bond donors (Lipinski definition) is 0. The number of sulfonamides is 1. The van der Waals surface area contributed by atoms with E-state index in [-0.39, 0.29) is 24.6 Å². The SMILES string of the molecule is COC(=O)COC(CN(C)S(=O)(=O)c1ccc(F)cc1)[C@H](C)CN(C(=O)OC(C)(C)C)[C@@H](C)COCc1ccc(OC)cc1. The monoisotopic (exact) mass is 640 g/mol. The van der Waals surface area contributed by atoms with E-state index in [2.05, 4.69) is 0 Å². The molecule has 0 radical (unpaired) electrons. The molecule has 0 spiro atoms. The predicted octanol–water partition coefficient (Wildman–Crippen LogP) is 4.49. The van der Waals surface area contributed by atoms with Crippen molar-refractivity contribution in [1.29, 1.82) is 0 Å². The van der Waals surface area contributed by atoms with Crippen molar-refractivity contribution < 1.29 is 46.1 Å². The van der Waals surface area contributed by atoms with Gasteiger partial charge in [-0.05, 0) is 69.7 Å². The second-order valence-corrected chi connectivity index (χ2v) is 13.5. The lowest BCUT2D eigenvalue weighted by Crippen LogP contribution is -2.49. The first-order chi connectivity index (χ1) is 20.6. The van der Waals surface area contributed by atoms with Gasteiger partial charge >= 0.3 is 12.1 Å². The van der Waals surface area contributed by atoms with Crippen molar-refractivity contribution in [3.8, 4) is 5.75 Å². The summed E-state index contributed by atoms with van der Waals surface area (Å²) in [7, 11) is 0.149. The highest BCUT2D eigenvalue weighted by Gasteiger charge is 2.33. The van der Waals surface area contributed by atoms with Gasteiger partial charge in [0.2, 0.25) is 10.0 Å². The van der Waals surface area contributed by atoms with Gasteiger partial charge in [0.15, 0.2) is 0 Å². The Balaban J connectivity index is 2.24. The Morgan fingerprint density at radius 2 is 1.57 bits per heavy atom. The van der Waals surface area contributed by atoms with Crippen LogP contribution in [0.25, 0.3) is 0 Å². The first kappa shape index (κ1) is 36.9. The average molecular weight is 641 g/mol. The lowest BCUT2D eigenvalue weighted by molar-refractivity contribution is -0.149. The molecule has 13 heteroatoms. The van der Waals surface area contributed by atoms with Gasteiger partial charge in [0.05, 0.1) is 44.5 Å². The summed E-state index contributed by atoms with van der Waals surface area (Å²) < 4.78 is 68.2. The first-order valence-corrected chi connectivity index (χ1v) is 15.6. The van der Waals surface area contributed by atoms with Crippen LogP contribution < -0.4 is 4.74 Å². The maximum Gasteiger partial charge on any atom is 0.410 e. The number of rotatable bonds is 16. The molecule has 2 aromatic rings. The molecular weight excluding hydrogens is 595 g/mol. The molecule has 0 aliphatic heterocycles. The summed E-state index contributed by atoms with van der Waals surface area (Å²) in [5.41, 5.74) is 0.156. The fourth-order valence-corrected chi connectivity index (χ4v) is 5.29. The molecular formula is C31H45FN2O9S. The summed E-state index contributed by atoms with van der Waals surface area (Å²) >= 11 is 0. The summed E-state index contributed by atoms with van der Waals surface area (Å²) in [6, 6.07) is 11.5. The molecule has 2 aromatic carbocycles. The van der Waals surface area contributed by atoms with Gasteiger partial charge in [0.25, 0.3) is 0 Å². The molecule has 1 amide bonds. The number of methoxy groups -OCH3 is 2. The molecule has 0 fully saturated rings. The number of hydrogen-bond acceptors (Lipinski definition) is 9. The number of ether oxygens (including phenoxy) is 5. The quantitative estimate of drug-likeness (QED) is 0.244. The molecule has 0 aromatic heterocycles. The third-order valence-electron chi connectivity index (χ3n) is 6.67. The highest BCUT2D eigenvalue weighted by Crippen LogP contribution is 2.21. The Morgan fingerprint density at radius 1 is 0.955 bits per heavy atom. The minimum Gasteiger partial charge on any atom is -0.497 e. The highest BCUT2D eigenvalue weighted by atomic mass is 32.2. The molecule has 44 heavy (non-hydrogen) atoms. The molecule has 246 valence electrons. The Morgan fingerprint density at radius 3 is 2.11 bits per heavy atom. The number of carbonyl (C=O) groups excluding carboxylic acids is 2. The minimum absolute atomic E-state index is 0.0955. The molecule has 1 unspecified atom stereocenters. The van der Waals surface area contributed by atoms with Gasteiger partial charge in [0.1, 0.15) is 23.8 Å². The third-order valence-corrected chi connectivity index (χ3v) is 8.51. The predicted molar refractivity (Wildman–Crippen MR) is 162 cm³/mol. The van der Waals surface area contributed by atoms with Crippen LogP contribution in [-0.2, 0) is 40.4 Å². The summed E-state index contributed by atoms with van der Waals surface area (Å²) in [6.07, 6.45) is -1.42. The number of benzene rings is 2. The zero-order valence-electron chi connectivity index (χ0n) is 26.7. The molecule has 0 saturated heterocycles. The maximum absolute atomic E-state index is 13.4. The van der Waals surface area contributed by atoms with Crippen molar-refractivity contribution in [1.82, 2.24) is 9.21 Å². The third kappa shape index (κ3) is 11.7. The van der Waals surface area contributed by atoms with Crippen LogP contribution in [0.3, 0.4) is 0 Å². The zero-order chi connectivity index (χ0) is 33.1. The van der Waals surface area contributed by atoms with Crippen LogP contribution in [-0.4, -0.2) is 95.0 Å². The molecule has 3 atom stereocenters. The number of likely N-dealkylation sites (N-methyl/N-ethyl adjacent to an activating group) is 1. The van der Waals surface area contributed by atoms with Gasteiger partial charge in [-0.3, -0.25) is 0 Å². The van der Waals surface area contributed by atoms with Crippen molar-refractivity contribution >= 4 is 22.1 Å². The Bertz CT molecular complexity index is 1300. The van der Waals surface area contributed by atoms with E-state index in [1.807, 2.05) is 31.2 Å². The van der Waals surface area contributed by atoms with E-state index in [1.165, 1.54) is 31.2 Å². The number of halogens is 1. The number of esters is 1. The number of amides is 1. The highest BCUT2D eigenvalue weighted by molar-refractivity contribution is 7.89. The van der Waals surface area contributed by atoms with Gasteiger partial charge in [-0.1, -0.05) is 19.1 Å². The summed E-state index contributed by atoms with van der Waals surface area (Å²) in [6.45, 7) is 8.87. The number of nitrogens with zero attached hydrogens (tertiary/aromatic N) is 2. The lowest BCUT2D eigenvalue weighted by atomic mass is 10.0. The molecule has 0 heterocycles. The van der Waals surface area contributed by atoms with Gasteiger partial charge < -0.3 is 28.6 Å². The molecule has 0 aliphatic carbocycles. The second-order valence-electron chi connectivity index (χ2n) is 11.5. The average Bonchev–Trinajstić information content (AvgIpc) is 2.96. The number of carbonyl (C=O) groups is 2. The Labute approximate surface area is 260 Å². The van der Waals surface area contributed by atoms with Crippen LogP contribution in [0.2, 0.25) is 0 Å². The van der Waals surface area contributed by atoms with Crippen LogP contribution in [0.15, 0.2) is 53.4 Å². The molecule has 2 rings (SSSR count). The fraction of sp³-hybridized carbons (Fsp3) is 0.548. The molecule has 0 aliphatic rings. The van der Waals surface area contributed by atoms with E-state index < -0.39 is 58.2 Å². The van der Waals surface area contributed by atoms with Crippen molar-refractivity contribution in [2.24, 2.45) is 5.92 Å². The van der Waals surface area contributed by atoms with Gasteiger partial charge in [-0.2, -0.15) is 4.31 Å². The lowest BCUT2D eigenvalue weighted by Gasteiger charge is -2.36. The summed E-state index contributed by atoms with van der Waals surface area (Å²) in [5.74, 6) is -0.964. The second kappa shape index (κ2) is 16.7. The molecule has 0 saturated carbocycles. The minimum atomic E-state index is -4.02. The topological polar surface area (TPSA) is 121 Å². The summed E-state index contributed by atoms with van der Waals surface area (Å²) in [4.78, 5) is 26.7. The van der Waals surface area contributed by atoms with E-state index in [0.29, 0.717) is 6.61 Å². The largest absolute Gasteiger partial charge is 0.497 e. The standard InChI is InChI=1S/C31H45FN2O9S/c1-22(28(42-21-29(35)40-8)18-33(6)44(37,38)27-15-11-25(32)12-16-27)17-34(30(36)43-31(3,4)5)23(2)19-41-20-24-9-13-26(39-7)14-10-24/h9-16,22-23,28H,17-21H2,1-8H3/t22-,23+,28?/m1/s1. The van der Waals surface area contributed by atoms with E-state index in [9.17, 15) is 22.4 Å². The Hall–Kier alpha value is -3.26. The van der Waals surface area contributed by atoms with E-state index in [0.717, 1.165) is 27.8 Å². The van der Waals surface area contributed by atoms with Gasteiger partial charge in [-0.25, -0.2) is 22.4 Å². The van der Waals surface area contributed by atoms with Crippen LogP contribution >= 0.6 is 0 Å². The zero-order valence-corrected chi connectivity index (χ0v) is 27.6. The van der Waals surface area contributed by atoms with E-state index in [1.54, 1.807) is 34.8 Å². The van der Waals surface area contributed by atoms with Crippen molar-refractivity contribution in [2.75, 3.05) is 47.6 Å². The fourth-order valence-electron chi connectivity index (χ4n) is 4.11. The van der Waals surface area contributed by atoms with E-state index >= 15 is 0 Å². The normalized spacial score (nSPS) is 14.0. The van der Waals surface area contributed by atoms with Gasteiger partial charge in [-0.15, -0.1) is 0 Å². The smallest absolute Gasteiger partial charge is 0.410 e. The Kier molecular flexibility index (Phi) is 14.0. The van der Waals surface area contributed by atoms with Crippen LogP contribution in [0.5, 0.6) is 5.75 Å². The summed E-state index contributed by atoms with van der Waals surface area (Å²) in [5, 5.41) is 0. The first-order valence-electron chi connectivity index (χ1n) is 14.2. The molecule has 0 N–H and O–H groups in total. The molecule has 11 nitrogen and oxygen atoms in total. The van der Waals surface area contributed by atoms with Crippen molar-refractivity contribution in [3.05, 3.63) is 59.9 Å². The maximum atomic E-state index is 13.4. The van der Waals surface area contributed by atoms with E-state index in [4.69, 9.17) is 23.7 Å². The molecule has 0 bridgehead atoms. The van der Waals surface area contributed by atoms with Gasteiger partial charge in [0, 0.05) is 26.1 Å². The van der Waals surface area contributed by atoms with Crippen LogP contribution in [0, 0.1) is 11.7 Å².